The minimum absolute atomic E-state index is 0.240. The third kappa shape index (κ3) is 3.55. The second-order valence-corrected chi connectivity index (χ2v) is 5.16. The van der Waals surface area contributed by atoms with Gasteiger partial charge in [0.15, 0.2) is 0 Å². The predicted molar refractivity (Wildman–Crippen MR) is 71.5 cm³/mol. The summed E-state index contributed by atoms with van der Waals surface area (Å²) in [4.78, 5) is 12.0. The first-order chi connectivity index (χ1) is 9.13. The second kappa shape index (κ2) is 5.85. The predicted octanol–water partition coefficient (Wildman–Crippen LogP) is 1.98. The molecule has 1 aliphatic rings. The summed E-state index contributed by atoms with van der Waals surface area (Å²) in [6, 6.07) is 8.57. The van der Waals surface area contributed by atoms with Crippen LogP contribution in [0.5, 0.6) is 0 Å². The number of rotatable bonds is 3. The molecule has 1 amide bonds. The molecule has 100 valence electrons. The molecule has 0 saturated heterocycles. The van der Waals surface area contributed by atoms with Crippen LogP contribution in [-0.4, -0.2) is 23.2 Å². The van der Waals surface area contributed by atoms with E-state index in [1.54, 1.807) is 24.3 Å². The zero-order chi connectivity index (χ0) is 13.7. The normalized spacial score (nSPS) is 17.5. The summed E-state index contributed by atoms with van der Waals surface area (Å²) in [6.07, 6.45) is 4.66. The molecule has 0 aliphatic heterocycles. The SMILES string of the molecule is N#Cc1cccc(C(=O)NCC2(O)CCCCC2)c1. The quantitative estimate of drug-likeness (QED) is 0.870. The molecule has 4 nitrogen and oxygen atoms in total. The monoisotopic (exact) mass is 258 g/mol. The Bertz CT molecular complexity index is 499. The molecule has 1 saturated carbocycles. The van der Waals surface area contributed by atoms with Gasteiger partial charge in [0.25, 0.3) is 5.91 Å². The molecule has 1 aliphatic carbocycles. The topological polar surface area (TPSA) is 73.1 Å². The summed E-state index contributed by atoms with van der Waals surface area (Å²) in [7, 11) is 0. The van der Waals surface area contributed by atoms with Gasteiger partial charge in [0, 0.05) is 12.1 Å². The molecule has 2 N–H and O–H groups in total. The van der Waals surface area contributed by atoms with Gasteiger partial charge in [-0.05, 0) is 31.0 Å². The highest BCUT2D eigenvalue weighted by Crippen LogP contribution is 2.27. The number of nitrogens with one attached hydrogen (secondary N) is 1. The first-order valence-corrected chi connectivity index (χ1v) is 6.64. The number of hydrogen-bond acceptors (Lipinski definition) is 3. The van der Waals surface area contributed by atoms with E-state index in [1.807, 2.05) is 6.07 Å². The molecule has 4 heteroatoms. The smallest absolute Gasteiger partial charge is 0.251 e. The maximum absolute atomic E-state index is 12.0. The van der Waals surface area contributed by atoms with E-state index in [0.29, 0.717) is 11.1 Å². The Hall–Kier alpha value is -1.86. The van der Waals surface area contributed by atoms with E-state index in [4.69, 9.17) is 5.26 Å². The Morgan fingerprint density at radius 1 is 1.37 bits per heavy atom. The lowest BCUT2D eigenvalue weighted by Crippen LogP contribution is -2.44. The van der Waals surface area contributed by atoms with Crippen LogP contribution < -0.4 is 5.32 Å². The molecule has 1 aromatic carbocycles. The van der Waals surface area contributed by atoms with Crippen LogP contribution in [0.1, 0.15) is 48.0 Å². The fourth-order valence-electron chi connectivity index (χ4n) is 2.46. The van der Waals surface area contributed by atoms with Crippen LogP contribution in [-0.2, 0) is 0 Å². The number of amides is 1. The van der Waals surface area contributed by atoms with Crippen molar-refractivity contribution in [3.63, 3.8) is 0 Å². The molecule has 1 fully saturated rings. The lowest BCUT2D eigenvalue weighted by molar-refractivity contribution is 0.00526. The highest BCUT2D eigenvalue weighted by molar-refractivity contribution is 5.94. The highest BCUT2D eigenvalue weighted by atomic mass is 16.3. The number of carbonyl (C=O) groups excluding carboxylic acids is 1. The first kappa shape index (κ1) is 13.6. The van der Waals surface area contributed by atoms with Gasteiger partial charge in [-0.2, -0.15) is 5.26 Å². The average Bonchev–Trinajstić information content (AvgIpc) is 2.46. The molecule has 2 rings (SSSR count). The van der Waals surface area contributed by atoms with Gasteiger partial charge >= 0.3 is 0 Å². The van der Waals surface area contributed by atoms with E-state index in [1.165, 1.54) is 0 Å². The lowest BCUT2D eigenvalue weighted by atomic mass is 9.85. The van der Waals surface area contributed by atoms with Crippen LogP contribution in [0, 0.1) is 11.3 Å². The van der Waals surface area contributed by atoms with Crippen LogP contribution in [0.3, 0.4) is 0 Å². The number of aliphatic hydroxyl groups is 1. The molecule has 0 atom stereocenters. The van der Waals surface area contributed by atoms with Gasteiger partial charge in [-0.3, -0.25) is 4.79 Å². The fraction of sp³-hybridized carbons (Fsp3) is 0.467. The number of hydrogen-bond donors (Lipinski definition) is 2. The van der Waals surface area contributed by atoms with Crippen molar-refractivity contribution in [1.29, 1.82) is 5.26 Å². The summed E-state index contributed by atoms with van der Waals surface area (Å²) in [5.41, 5.74) is 0.156. The summed E-state index contributed by atoms with van der Waals surface area (Å²) >= 11 is 0. The van der Waals surface area contributed by atoms with Crippen molar-refractivity contribution in [3.05, 3.63) is 35.4 Å². The Labute approximate surface area is 113 Å². The van der Waals surface area contributed by atoms with Gasteiger partial charge in [0.1, 0.15) is 0 Å². The summed E-state index contributed by atoms with van der Waals surface area (Å²) in [5, 5.41) is 21.9. The standard InChI is InChI=1S/C15H18N2O2/c16-10-12-5-4-6-13(9-12)14(18)17-11-15(19)7-2-1-3-8-15/h4-6,9,19H,1-3,7-8,11H2,(H,17,18). The van der Waals surface area contributed by atoms with E-state index in [0.717, 1.165) is 32.1 Å². The number of benzene rings is 1. The molecular formula is C15H18N2O2. The van der Waals surface area contributed by atoms with E-state index >= 15 is 0 Å². The van der Waals surface area contributed by atoms with Crippen LogP contribution in [0.15, 0.2) is 24.3 Å². The maximum atomic E-state index is 12.0. The number of nitriles is 1. The molecular weight excluding hydrogens is 240 g/mol. The van der Waals surface area contributed by atoms with Crippen molar-refractivity contribution in [2.45, 2.75) is 37.7 Å². The summed E-state index contributed by atoms with van der Waals surface area (Å²) in [6.45, 7) is 0.280. The van der Waals surface area contributed by atoms with Gasteiger partial charge < -0.3 is 10.4 Å². The lowest BCUT2D eigenvalue weighted by Gasteiger charge is -2.32. The average molecular weight is 258 g/mol. The minimum Gasteiger partial charge on any atom is -0.388 e. The molecule has 1 aromatic rings. The van der Waals surface area contributed by atoms with E-state index in [-0.39, 0.29) is 12.5 Å². The van der Waals surface area contributed by atoms with Gasteiger partial charge in [0.05, 0.1) is 17.2 Å². The van der Waals surface area contributed by atoms with Crippen LogP contribution in [0.2, 0.25) is 0 Å². The van der Waals surface area contributed by atoms with Crippen molar-refractivity contribution < 1.29 is 9.90 Å². The minimum atomic E-state index is -0.763. The Balaban J connectivity index is 1.95. The van der Waals surface area contributed by atoms with Crippen molar-refractivity contribution in [1.82, 2.24) is 5.32 Å². The molecule has 0 heterocycles. The fourth-order valence-corrected chi connectivity index (χ4v) is 2.46. The van der Waals surface area contributed by atoms with E-state index < -0.39 is 5.60 Å². The largest absolute Gasteiger partial charge is 0.388 e. The number of carbonyl (C=O) groups is 1. The Morgan fingerprint density at radius 2 is 2.11 bits per heavy atom. The molecule has 0 spiro atoms. The van der Waals surface area contributed by atoms with E-state index in [9.17, 15) is 9.90 Å². The van der Waals surface area contributed by atoms with Gasteiger partial charge in [-0.1, -0.05) is 25.3 Å². The maximum Gasteiger partial charge on any atom is 0.251 e. The molecule has 0 radical (unpaired) electrons. The van der Waals surface area contributed by atoms with Crippen molar-refractivity contribution in [2.24, 2.45) is 0 Å². The summed E-state index contributed by atoms with van der Waals surface area (Å²) in [5.74, 6) is -0.240. The number of nitrogens with zero attached hydrogens (tertiary/aromatic N) is 1. The zero-order valence-electron chi connectivity index (χ0n) is 10.9. The zero-order valence-corrected chi connectivity index (χ0v) is 10.9. The van der Waals surface area contributed by atoms with Crippen LogP contribution >= 0.6 is 0 Å². The second-order valence-electron chi connectivity index (χ2n) is 5.16. The van der Waals surface area contributed by atoms with Gasteiger partial charge in [0.2, 0.25) is 0 Å². The molecule has 19 heavy (non-hydrogen) atoms. The first-order valence-electron chi connectivity index (χ1n) is 6.64. The summed E-state index contributed by atoms with van der Waals surface area (Å²) < 4.78 is 0. The third-order valence-electron chi connectivity index (χ3n) is 3.62. The highest BCUT2D eigenvalue weighted by Gasteiger charge is 2.29. The van der Waals surface area contributed by atoms with Crippen molar-refractivity contribution in [2.75, 3.05) is 6.54 Å². The Morgan fingerprint density at radius 3 is 2.79 bits per heavy atom. The van der Waals surface area contributed by atoms with Crippen LogP contribution in [0.4, 0.5) is 0 Å². The molecule has 0 unspecified atom stereocenters. The molecule has 0 bridgehead atoms. The van der Waals surface area contributed by atoms with Crippen molar-refractivity contribution in [3.8, 4) is 6.07 Å². The Kier molecular flexibility index (Phi) is 4.18. The van der Waals surface area contributed by atoms with Crippen LogP contribution in [0.25, 0.3) is 0 Å². The van der Waals surface area contributed by atoms with Gasteiger partial charge in [-0.15, -0.1) is 0 Å². The van der Waals surface area contributed by atoms with Gasteiger partial charge in [-0.25, -0.2) is 0 Å². The van der Waals surface area contributed by atoms with Crippen molar-refractivity contribution >= 4 is 5.91 Å². The molecule has 0 aromatic heterocycles. The third-order valence-corrected chi connectivity index (χ3v) is 3.62. The van der Waals surface area contributed by atoms with E-state index in [2.05, 4.69) is 5.32 Å².